The van der Waals surface area contributed by atoms with Crippen LogP contribution in [0.2, 0.25) is 0 Å². The zero-order chi connectivity index (χ0) is 16.6. The first-order valence-corrected chi connectivity index (χ1v) is 9.01. The highest BCUT2D eigenvalue weighted by molar-refractivity contribution is 7.89. The van der Waals surface area contributed by atoms with Gasteiger partial charge in [-0.3, -0.25) is 4.99 Å². The largest absolute Gasteiger partial charge is 0.356 e. The molecule has 0 saturated heterocycles. The highest BCUT2D eigenvalue weighted by atomic mass is 32.2. The summed E-state index contributed by atoms with van der Waals surface area (Å²) in [5.41, 5.74) is 0.831. The summed E-state index contributed by atoms with van der Waals surface area (Å²) in [6, 6.07) is 6.57. The lowest BCUT2D eigenvalue weighted by molar-refractivity contribution is 0.481. The number of nitrogens with two attached hydrogens (primary N) is 1. The molecular formula is C15H26N4O2S. The van der Waals surface area contributed by atoms with E-state index in [1.165, 1.54) is 6.07 Å². The zero-order valence-corrected chi connectivity index (χ0v) is 14.3. The van der Waals surface area contributed by atoms with Crippen LogP contribution in [-0.4, -0.2) is 28.0 Å². The maximum atomic E-state index is 11.3. The number of primary sulfonamides is 1. The quantitative estimate of drug-likeness (QED) is 0.522. The van der Waals surface area contributed by atoms with Crippen molar-refractivity contribution in [1.82, 2.24) is 10.6 Å². The predicted molar refractivity (Wildman–Crippen MR) is 90.1 cm³/mol. The van der Waals surface area contributed by atoms with Crippen LogP contribution in [0.25, 0.3) is 0 Å². The number of guanidine groups is 1. The van der Waals surface area contributed by atoms with E-state index in [0.717, 1.165) is 24.9 Å². The third-order valence-electron chi connectivity index (χ3n) is 3.62. The molecule has 0 amide bonds. The molecule has 0 heterocycles. The topological polar surface area (TPSA) is 96.6 Å². The standard InChI is InChI=1S/C15H26N4O2S/c1-4-12(5-2)10-18-15(17-3)19-11-13-7-6-8-14(9-13)22(16,20)21/h6-9,12H,4-5,10-11H2,1-3H3,(H2,16,20,21)(H2,17,18,19). The van der Waals surface area contributed by atoms with E-state index in [1.54, 1.807) is 19.2 Å². The summed E-state index contributed by atoms with van der Waals surface area (Å²) < 4.78 is 22.7. The smallest absolute Gasteiger partial charge is 0.238 e. The summed E-state index contributed by atoms with van der Waals surface area (Å²) in [5.74, 6) is 1.32. The van der Waals surface area contributed by atoms with Crippen molar-refractivity contribution in [1.29, 1.82) is 0 Å². The average Bonchev–Trinajstić information content (AvgIpc) is 2.50. The Morgan fingerprint density at radius 3 is 2.50 bits per heavy atom. The van der Waals surface area contributed by atoms with Gasteiger partial charge in [-0.2, -0.15) is 0 Å². The van der Waals surface area contributed by atoms with Crippen LogP contribution in [0.3, 0.4) is 0 Å². The molecule has 1 aromatic carbocycles. The van der Waals surface area contributed by atoms with Gasteiger partial charge in [0.25, 0.3) is 0 Å². The number of hydrogen-bond donors (Lipinski definition) is 3. The van der Waals surface area contributed by atoms with Crippen LogP contribution >= 0.6 is 0 Å². The van der Waals surface area contributed by atoms with Gasteiger partial charge in [0.2, 0.25) is 10.0 Å². The van der Waals surface area contributed by atoms with Gasteiger partial charge >= 0.3 is 0 Å². The monoisotopic (exact) mass is 326 g/mol. The molecule has 0 saturated carbocycles. The molecule has 6 nitrogen and oxygen atoms in total. The Morgan fingerprint density at radius 2 is 1.95 bits per heavy atom. The summed E-state index contributed by atoms with van der Waals surface area (Å²) in [6.45, 7) is 5.69. The van der Waals surface area contributed by atoms with Crippen LogP contribution in [0.4, 0.5) is 0 Å². The fourth-order valence-corrected chi connectivity index (χ4v) is 2.64. The Kier molecular flexibility index (Phi) is 7.34. The fourth-order valence-electron chi connectivity index (χ4n) is 2.06. The first kappa shape index (κ1) is 18.4. The molecule has 0 aliphatic rings. The van der Waals surface area contributed by atoms with Gasteiger partial charge in [0.05, 0.1) is 4.90 Å². The van der Waals surface area contributed by atoms with Crippen LogP contribution in [0.15, 0.2) is 34.2 Å². The molecule has 22 heavy (non-hydrogen) atoms. The minimum absolute atomic E-state index is 0.117. The molecule has 124 valence electrons. The molecule has 0 aliphatic carbocycles. The average molecular weight is 326 g/mol. The van der Waals surface area contributed by atoms with E-state index in [0.29, 0.717) is 18.4 Å². The third kappa shape index (κ3) is 6.03. The van der Waals surface area contributed by atoms with Gasteiger partial charge in [-0.1, -0.05) is 38.8 Å². The van der Waals surface area contributed by atoms with E-state index in [9.17, 15) is 8.42 Å². The van der Waals surface area contributed by atoms with Gasteiger partial charge in [-0.25, -0.2) is 13.6 Å². The lowest BCUT2D eigenvalue weighted by Gasteiger charge is -2.16. The Balaban J connectivity index is 2.61. The van der Waals surface area contributed by atoms with Crippen molar-refractivity contribution in [2.75, 3.05) is 13.6 Å². The van der Waals surface area contributed by atoms with Crippen molar-refractivity contribution in [3.05, 3.63) is 29.8 Å². The zero-order valence-electron chi connectivity index (χ0n) is 13.5. The van der Waals surface area contributed by atoms with Crippen LogP contribution in [0, 0.1) is 5.92 Å². The van der Waals surface area contributed by atoms with Gasteiger partial charge in [-0.15, -0.1) is 0 Å². The van der Waals surface area contributed by atoms with E-state index >= 15 is 0 Å². The normalized spacial score (nSPS) is 12.5. The van der Waals surface area contributed by atoms with Crippen LogP contribution in [0.5, 0.6) is 0 Å². The number of sulfonamides is 1. The van der Waals surface area contributed by atoms with Crippen molar-refractivity contribution in [2.24, 2.45) is 16.0 Å². The van der Waals surface area contributed by atoms with Gasteiger partial charge in [0.15, 0.2) is 5.96 Å². The maximum absolute atomic E-state index is 11.3. The Morgan fingerprint density at radius 1 is 1.27 bits per heavy atom. The van der Waals surface area contributed by atoms with E-state index in [4.69, 9.17) is 5.14 Å². The third-order valence-corrected chi connectivity index (χ3v) is 4.53. The van der Waals surface area contributed by atoms with Crippen molar-refractivity contribution >= 4 is 16.0 Å². The van der Waals surface area contributed by atoms with E-state index < -0.39 is 10.0 Å². The molecule has 7 heteroatoms. The summed E-state index contributed by atoms with van der Waals surface area (Å²) in [4.78, 5) is 4.28. The number of benzene rings is 1. The molecule has 0 aromatic heterocycles. The Bertz CT molecular complexity index is 595. The Hall–Kier alpha value is -1.60. The van der Waals surface area contributed by atoms with Gasteiger partial charge < -0.3 is 10.6 Å². The van der Waals surface area contributed by atoms with E-state index in [2.05, 4.69) is 29.5 Å². The lowest BCUT2D eigenvalue weighted by atomic mass is 10.0. The number of hydrogen-bond acceptors (Lipinski definition) is 3. The molecule has 4 N–H and O–H groups in total. The van der Waals surface area contributed by atoms with E-state index in [-0.39, 0.29) is 4.90 Å². The SMILES string of the molecule is CCC(CC)CNC(=NC)NCc1cccc(S(N)(=O)=O)c1. The first-order valence-electron chi connectivity index (χ1n) is 7.46. The molecule has 0 fully saturated rings. The molecule has 1 rings (SSSR count). The maximum Gasteiger partial charge on any atom is 0.238 e. The van der Waals surface area contributed by atoms with Crippen LogP contribution < -0.4 is 15.8 Å². The first-order chi connectivity index (χ1) is 10.4. The second kappa shape index (κ2) is 8.75. The van der Waals surface area contributed by atoms with Gasteiger partial charge in [0.1, 0.15) is 0 Å². The second-order valence-corrected chi connectivity index (χ2v) is 6.74. The summed E-state index contributed by atoms with van der Waals surface area (Å²) in [5, 5.41) is 11.6. The lowest BCUT2D eigenvalue weighted by Crippen LogP contribution is -2.39. The van der Waals surface area contributed by atoms with E-state index in [1.807, 2.05) is 6.07 Å². The van der Waals surface area contributed by atoms with Crippen LogP contribution in [-0.2, 0) is 16.6 Å². The number of nitrogens with one attached hydrogen (secondary N) is 2. The molecular weight excluding hydrogens is 300 g/mol. The molecule has 0 unspecified atom stereocenters. The minimum Gasteiger partial charge on any atom is -0.356 e. The summed E-state index contributed by atoms with van der Waals surface area (Å²) in [6.07, 6.45) is 2.24. The minimum atomic E-state index is -3.67. The highest BCUT2D eigenvalue weighted by Crippen LogP contribution is 2.09. The highest BCUT2D eigenvalue weighted by Gasteiger charge is 2.08. The van der Waals surface area contributed by atoms with Crippen molar-refractivity contribution in [2.45, 2.75) is 38.1 Å². The second-order valence-electron chi connectivity index (χ2n) is 5.18. The number of rotatable bonds is 7. The van der Waals surface area contributed by atoms with Gasteiger partial charge in [-0.05, 0) is 23.6 Å². The van der Waals surface area contributed by atoms with Gasteiger partial charge in [0, 0.05) is 20.1 Å². The molecule has 1 aromatic rings. The fraction of sp³-hybridized carbons (Fsp3) is 0.533. The molecule has 0 bridgehead atoms. The molecule has 0 spiro atoms. The summed E-state index contributed by atoms with van der Waals surface area (Å²) in [7, 11) is -1.96. The predicted octanol–water partition coefficient (Wildman–Crippen LogP) is 1.44. The van der Waals surface area contributed by atoms with Crippen molar-refractivity contribution in [3.63, 3.8) is 0 Å². The van der Waals surface area contributed by atoms with Crippen molar-refractivity contribution < 1.29 is 8.42 Å². The summed E-state index contributed by atoms with van der Waals surface area (Å²) >= 11 is 0. The molecule has 0 atom stereocenters. The number of aliphatic imine (C=N–C) groups is 1. The molecule has 0 radical (unpaired) electrons. The van der Waals surface area contributed by atoms with Crippen LogP contribution in [0.1, 0.15) is 32.3 Å². The molecule has 0 aliphatic heterocycles. The van der Waals surface area contributed by atoms with Crippen molar-refractivity contribution in [3.8, 4) is 0 Å². The number of nitrogens with zero attached hydrogens (tertiary/aromatic N) is 1. The Labute approximate surface area is 133 Å².